The van der Waals surface area contributed by atoms with Gasteiger partial charge in [-0.25, -0.2) is 4.39 Å². The molecule has 0 aliphatic carbocycles. The van der Waals surface area contributed by atoms with Gasteiger partial charge in [0.15, 0.2) is 5.82 Å². The smallest absolute Gasteiger partial charge is 0.256 e. The number of anilines is 1. The summed E-state index contributed by atoms with van der Waals surface area (Å²) < 4.78 is 15.3. The van der Waals surface area contributed by atoms with Gasteiger partial charge in [0.05, 0.1) is 12.1 Å². The van der Waals surface area contributed by atoms with Crippen LogP contribution in [0, 0.1) is 5.82 Å². The Bertz CT molecular complexity index is 697. The summed E-state index contributed by atoms with van der Waals surface area (Å²) in [5, 5.41) is 8.21. The molecule has 0 unspecified atom stereocenters. The van der Waals surface area contributed by atoms with Gasteiger partial charge in [-0.15, -0.1) is 10.2 Å². The minimum absolute atomic E-state index is 0.165. The molecule has 0 saturated heterocycles. The second-order valence-electron chi connectivity index (χ2n) is 5.18. The molecule has 0 saturated carbocycles. The highest BCUT2D eigenvalue weighted by atomic mass is 19.1. The largest absolute Gasteiger partial charge is 0.398 e. The summed E-state index contributed by atoms with van der Waals surface area (Å²) in [6.07, 6.45) is 1.97. The predicted molar refractivity (Wildman–Crippen MR) is 75.0 cm³/mol. The van der Waals surface area contributed by atoms with Crippen molar-refractivity contribution in [1.82, 2.24) is 19.7 Å². The van der Waals surface area contributed by atoms with Crippen LogP contribution in [0.5, 0.6) is 0 Å². The normalized spacial score (nSPS) is 13.2. The lowest BCUT2D eigenvalue weighted by molar-refractivity contribution is 0.0780. The lowest BCUT2D eigenvalue weighted by atomic mass is 10.1. The minimum atomic E-state index is -0.482. The molecular formula is C14H16FN5O. The number of hydrogen-bond acceptors (Lipinski definition) is 4. The zero-order valence-corrected chi connectivity index (χ0v) is 11.7. The summed E-state index contributed by atoms with van der Waals surface area (Å²) in [6, 6.07) is 3.78. The number of amides is 1. The summed E-state index contributed by atoms with van der Waals surface area (Å²) in [4.78, 5) is 13.8. The van der Waals surface area contributed by atoms with Gasteiger partial charge < -0.3 is 15.2 Å². The molecule has 3 rings (SSSR count). The molecule has 110 valence electrons. The first-order valence-electron chi connectivity index (χ1n) is 6.77. The zero-order valence-electron chi connectivity index (χ0n) is 11.7. The average Bonchev–Trinajstić information content (AvgIpc) is 3.05. The Hall–Kier alpha value is -2.44. The quantitative estimate of drug-likeness (QED) is 0.862. The highest BCUT2D eigenvalue weighted by Gasteiger charge is 2.21. The fraction of sp³-hybridized carbons (Fsp3) is 0.357. The lowest BCUT2D eigenvalue weighted by Crippen LogP contribution is -2.28. The number of halogens is 1. The van der Waals surface area contributed by atoms with E-state index in [0.29, 0.717) is 6.54 Å². The van der Waals surface area contributed by atoms with Crippen LogP contribution in [0.15, 0.2) is 18.2 Å². The molecule has 2 N–H and O–H groups in total. The van der Waals surface area contributed by atoms with Crippen molar-refractivity contribution in [1.29, 1.82) is 0 Å². The molecule has 7 heteroatoms. The van der Waals surface area contributed by atoms with Crippen LogP contribution in [0.1, 0.15) is 28.4 Å². The Morgan fingerprint density at radius 2 is 2.29 bits per heavy atom. The summed E-state index contributed by atoms with van der Waals surface area (Å²) in [5.41, 5.74) is 6.17. The Kier molecular flexibility index (Phi) is 3.32. The predicted octanol–water partition coefficient (Wildman–Crippen LogP) is 1.22. The first kappa shape index (κ1) is 13.5. The number of benzene rings is 1. The third-order valence-corrected chi connectivity index (χ3v) is 3.66. The number of nitrogens with two attached hydrogens (primary N) is 1. The van der Waals surface area contributed by atoms with Crippen molar-refractivity contribution in [2.75, 3.05) is 12.8 Å². The average molecular weight is 289 g/mol. The van der Waals surface area contributed by atoms with Crippen LogP contribution in [-0.4, -0.2) is 32.6 Å². The van der Waals surface area contributed by atoms with E-state index in [2.05, 4.69) is 10.2 Å². The van der Waals surface area contributed by atoms with Gasteiger partial charge in [-0.2, -0.15) is 0 Å². The van der Waals surface area contributed by atoms with Gasteiger partial charge in [-0.3, -0.25) is 4.79 Å². The molecule has 0 fully saturated rings. The Labute approximate surface area is 121 Å². The fourth-order valence-corrected chi connectivity index (χ4v) is 2.53. The van der Waals surface area contributed by atoms with Gasteiger partial charge in [0.2, 0.25) is 0 Å². The number of aryl methyl sites for hydroxylation is 1. The maximum absolute atomic E-state index is 13.3. The van der Waals surface area contributed by atoms with Crippen LogP contribution < -0.4 is 5.73 Å². The van der Waals surface area contributed by atoms with Crippen molar-refractivity contribution in [3.8, 4) is 0 Å². The topological polar surface area (TPSA) is 77.0 Å². The number of rotatable bonds is 3. The Morgan fingerprint density at radius 1 is 1.48 bits per heavy atom. The van der Waals surface area contributed by atoms with E-state index in [9.17, 15) is 9.18 Å². The van der Waals surface area contributed by atoms with E-state index >= 15 is 0 Å². The Balaban J connectivity index is 1.80. The van der Waals surface area contributed by atoms with E-state index < -0.39 is 5.82 Å². The summed E-state index contributed by atoms with van der Waals surface area (Å²) in [6.45, 7) is 1.20. The standard InChI is InChI=1S/C14H16FN5O/c1-19(8-13-18-17-12-3-2-6-20(12)13)14(21)10-7-9(15)4-5-11(10)16/h4-5,7H,2-3,6,8,16H2,1H3. The van der Waals surface area contributed by atoms with Gasteiger partial charge in [0, 0.05) is 25.7 Å². The van der Waals surface area contributed by atoms with Crippen molar-refractivity contribution in [3.63, 3.8) is 0 Å². The van der Waals surface area contributed by atoms with Crippen molar-refractivity contribution in [2.45, 2.75) is 25.9 Å². The SMILES string of the molecule is CN(Cc1nnc2n1CCC2)C(=O)c1cc(F)ccc1N. The number of hydrogen-bond donors (Lipinski definition) is 1. The van der Waals surface area contributed by atoms with Gasteiger partial charge in [0.1, 0.15) is 11.6 Å². The number of carbonyl (C=O) groups excluding carboxylic acids is 1. The minimum Gasteiger partial charge on any atom is -0.398 e. The zero-order chi connectivity index (χ0) is 15.0. The van der Waals surface area contributed by atoms with Gasteiger partial charge >= 0.3 is 0 Å². The molecule has 21 heavy (non-hydrogen) atoms. The molecule has 1 aliphatic rings. The molecule has 2 heterocycles. The van der Waals surface area contributed by atoms with Crippen LogP contribution in [0.3, 0.4) is 0 Å². The summed E-state index contributed by atoms with van der Waals surface area (Å²) in [5.74, 6) is 0.885. The van der Waals surface area contributed by atoms with E-state index in [1.165, 1.54) is 17.0 Å². The van der Waals surface area contributed by atoms with E-state index in [-0.39, 0.29) is 17.2 Å². The van der Waals surface area contributed by atoms with Crippen LogP contribution in [0.25, 0.3) is 0 Å². The Morgan fingerprint density at radius 3 is 3.10 bits per heavy atom. The van der Waals surface area contributed by atoms with Gasteiger partial charge in [-0.05, 0) is 24.6 Å². The fourth-order valence-electron chi connectivity index (χ4n) is 2.53. The van der Waals surface area contributed by atoms with Crippen molar-refractivity contribution in [3.05, 3.63) is 41.2 Å². The molecule has 1 aromatic carbocycles. The molecule has 0 radical (unpaired) electrons. The molecule has 2 aromatic rings. The van der Waals surface area contributed by atoms with Crippen molar-refractivity contribution < 1.29 is 9.18 Å². The van der Waals surface area contributed by atoms with Crippen molar-refractivity contribution in [2.24, 2.45) is 0 Å². The van der Waals surface area contributed by atoms with Crippen LogP contribution in [0.4, 0.5) is 10.1 Å². The maximum atomic E-state index is 13.3. The van der Waals surface area contributed by atoms with Crippen LogP contribution in [-0.2, 0) is 19.5 Å². The first-order valence-corrected chi connectivity index (χ1v) is 6.77. The van der Waals surface area contributed by atoms with E-state index in [4.69, 9.17) is 5.73 Å². The highest BCUT2D eigenvalue weighted by molar-refractivity contribution is 5.98. The second kappa shape index (κ2) is 5.16. The second-order valence-corrected chi connectivity index (χ2v) is 5.18. The number of nitrogen functional groups attached to an aromatic ring is 1. The lowest BCUT2D eigenvalue weighted by Gasteiger charge is -2.18. The molecule has 0 atom stereocenters. The first-order chi connectivity index (χ1) is 10.1. The highest BCUT2D eigenvalue weighted by Crippen LogP contribution is 2.18. The van der Waals surface area contributed by atoms with E-state index in [1.807, 2.05) is 4.57 Å². The van der Waals surface area contributed by atoms with Crippen LogP contribution in [0.2, 0.25) is 0 Å². The van der Waals surface area contributed by atoms with Crippen LogP contribution >= 0.6 is 0 Å². The number of nitrogens with zero attached hydrogens (tertiary/aromatic N) is 4. The molecule has 1 amide bonds. The molecule has 6 nitrogen and oxygen atoms in total. The molecule has 0 spiro atoms. The van der Waals surface area contributed by atoms with E-state index in [0.717, 1.165) is 37.1 Å². The van der Waals surface area contributed by atoms with Crippen molar-refractivity contribution >= 4 is 11.6 Å². The number of aromatic nitrogens is 3. The molecule has 1 aliphatic heterocycles. The molecule has 0 bridgehead atoms. The third kappa shape index (κ3) is 2.46. The van der Waals surface area contributed by atoms with E-state index in [1.54, 1.807) is 7.05 Å². The summed E-state index contributed by atoms with van der Waals surface area (Å²) >= 11 is 0. The molecular weight excluding hydrogens is 273 g/mol. The van der Waals surface area contributed by atoms with Gasteiger partial charge in [0.25, 0.3) is 5.91 Å². The molecule has 1 aromatic heterocycles. The number of carbonyl (C=O) groups is 1. The summed E-state index contributed by atoms with van der Waals surface area (Å²) in [7, 11) is 1.64. The number of fused-ring (bicyclic) bond motifs is 1. The third-order valence-electron chi connectivity index (χ3n) is 3.66. The monoisotopic (exact) mass is 289 g/mol. The van der Waals surface area contributed by atoms with Gasteiger partial charge in [-0.1, -0.05) is 0 Å². The maximum Gasteiger partial charge on any atom is 0.256 e.